The lowest BCUT2D eigenvalue weighted by Crippen LogP contribution is -1.97. The Balaban J connectivity index is 2.02. The zero-order valence-corrected chi connectivity index (χ0v) is 9.31. The Kier molecular flexibility index (Phi) is 3.10. The number of nitrogen functional groups attached to an aromatic ring is 1. The summed E-state index contributed by atoms with van der Waals surface area (Å²) in [5, 5.41) is 0. The highest BCUT2D eigenvalue weighted by atomic mass is 16.5. The largest absolute Gasteiger partial charge is 0.489 e. The van der Waals surface area contributed by atoms with E-state index in [0.29, 0.717) is 6.61 Å². The van der Waals surface area contributed by atoms with Crippen LogP contribution in [0.4, 0.5) is 5.69 Å². The molecule has 2 rings (SSSR count). The molecule has 0 saturated carbocycles. The van der Waals surface area contributed by atoms with E-state index < -0.39 is 0 Å². The van der Waals surface area contributed by atoms with E-state index in [1.54, 1.807) is 0 Å². The number of anilines is 1. The van der Waals surface area contributed by atoms with Crippen LogP contribution >= 0.6 is 0 Å². The summed E-state index contributed by atoms with van der Waals surface area (Å²) in [5.74, 6) is 0.845. The first-order chi connectivity index (χ1) is 7.75. The zero-order chi connectivity index (χ0) is 11.4. The van der Waals surface area contributed by atoms with E-state index in [2.05, 4.69) is 19.1 Å². The van der Waals surface area contributed by atoms with Crippen molar-refractivity contribution >= 4 is 5.69 Å². The minimum absolute atomic E-state index is 0.594. The number of aryl methyl sites for hydroxylation is 1. The van der Waals surface area contributed by atoms with Gasteiger partial charge < -0.3 is 10.5 Å². The fourth-order valence-electron chi connectivity index (χ4n) is 1.50. The predicted octanol–water partition coefficient (Wildman–Crippen LogP) is 3.16. The number of nitrogens with two attached hydrogens (primary N) is 1. The number of ether oxygens (including phenoxy) is 1. The lowest BCUT2D eigenvalue weighted by molar-refractivity contribution is 0.305. The number of benzene rings is 2. The second-order valence-corrected chi connectivity index (χ2v) is 3.78. The van der Waals surface area contributed by atoms with Gasteiger partial charge in [0.1, 0.15) is 12.4 Å². The first-order valence-electron chi connectivity index (χ1n) is 5.28. The standard InChI is InChI=1S/C14H15NO/c1-11-4-2-3-5-12(11)10-16-14-8-6-13(15)7-9-14/h2-9H,10,15H2,1H3. The fourth-order valence-corrected chi connectivity index (χ4v) is 1.50. The Hall–Kier alpha value is -1.96. The molecular weight excluding hydrogens is 198 g/mol. The zero-order valence-electron chi connectivity index (χ0n) is 9.31. The summed E-state index contributed by atoms with van der Waals surface area (Å²) in [7, 11) is 0. The van der Waals surface area contributed by atoms with Crippen LogP contribution in [0, 0.1) is 6.92 Å². The highest BCUT2D eigenvalue weighted by Crippen LogP contribution is 2.16. The molecule has 0 heterocycles. The van der Waals surface area contributed by atoms with E-state index in [0.717, 1.165) is 11.4 Å². The highest BCUT2D eigenvalue weighted by molar-refractivity contribution is 5.41. The average molecular weight is 213 g/mol. The Labute approximate surface area is 95.7 Å². The first-order valence-corrected chi connectivity index (χ1v) is 5.28. The molecule has 0 fully saturated rings. The molecule has 0 aliphatic rings. The van der Waals surface area contributed by atoms with E-state index in [4.69, 9.17) is 10.5 Å². The van der Waals surface area contributed by atoms with E-state index in [-0.39, 0.29) is 0 Å². The molecule has 2 aromatic rings. The van der Waals surface area contributed by atoms with Crippen molar-refractivity contribution in [2.75, 3.05) is 5.73 Å². The van der Waals surface area contributed by atoms with Crippen molar-refractivity contribution in [3.8, 4) is 5.75 Å². The molecule has 2 heteroatoms. The van der Waals surface area contributed by atoms with Crippen LogP contribution in [0.15, 0.2) is 48.5 Å². The van der Waals surface area contributed by atoms with Crippen molar-refractivity contribution in [3.05, 3.63) is 59.7 Å². The molecule has 0 radical (unpaired) electrons. The first kappa shape index (κ1) is 10.6. The van der Waals surface area contributed by atoms with Crippen LogP contribution in [0.25, 0.3) is 0 Å². The van der Waals surface area contributed by atoms with Crippen LogP contribution in [0.5, 0.6) is 5.75 Å². The highest BCUT2D eigenvalue weighted by Gasteiger charge is 1.98. The maximum Gasteiger partial charge on any atom is 0.119 e. The number of rotatable bonds is 3. The predicted molar refractivity (Wildman–Crippen MR) is 66.4 cm³/mol. The van der Waals surface area contributed by atoms with Crippen LogP contribution in [-0.2, 0) is 6.61 Å². The third kappa shape index (κ3) is 2.54. The lowest BCUT2D eigenvalue weighted by Gasteiger charge is -2.08. The lowest BCUT2D eigenvalue weighted by atomic mass is 10.1. The minimum Gasteiger partial charge on any atom is -0.489 e. The molecular formula is C14H15NO. The van der Waals surface area contributed by atoms with Crippen molar-refractivity contribution in [2.24, 2.45) is 0 Å². The van der Waals surface area contributed by atoms with Gasteiger partial charge in [0.25, 0.3) is 0 Å². The number of hydrogen-bond donors (Lipinski definition) is 1. The Morgan fingerprint density at radius 1 is 1.00 bits per heavy atom. The van der Waals surface area contributed by atoms with Gasteiger partial charge >= 0.3 is 0 Å². The van der Waals surface area contributed by atoms with Gasteiger partial charge in [-0.05, 0) is 42.3 Å². The summed E-state index contributed by atoms with van der Waals surface area (Å²) in [6.07, 6.45) is 0. The van der Waals surface area contributed by atoms with Gasteiger partial charge in [-0.15, -0.1) is 0 Å². The molecule has 0 atom stereocenters. The molecule has 16 heavy (non-hydrogen) atoms. The van der Waals surface area contributed by atoms with E-state index in [9.17, 15) is 0 Å². The van der Waals surface area contributed by atoms with Crippen molar-refractivity contribution in [1.29, 1.82) is 0 Å². The number of hydrogen-bond acceptors (Lipinski definition) is 2. The maximum absolute atomic E-state index is 5.67. The van der Waals surface area contributed by atoms with Crippen LogP contribution in [-0.4, -0.2) is 0 Å². The summed E-state index contributed by atoms with van der Waals surface area (Å²) >= 11 is 0. The summed E-state index contributed by atoms with van der Waals surface area (Å²) in [4.78, 5) is 0. The second kappa shape index (κ2) is 4.71. The molecule has 0 aromatic heterocycles. The summed E-state index contributed by atoms with van der Waals surface area (Å²) in [5.41, 5.74) is 8.81. The summed E-state index contributed by atoms with van der Waals surface area (Å²) in [6, 6.07) is 15.7. The van der Waals surface area contributed by atoms with Crippen LogP contribution in [0.1, 0.15) is 11.1 Å². The molecule has 0 bridgehead atoms. The molecule has 0 aliphatic carbocycles. The third-order valence-corrected chi connectivity index (χ3v) is 2.54. The molecule has 0 aliphatic heterocycles. The van der Waals surface area contributed by atoms with Crippen molar-refractivity contribution in [2.45, 2.75) is 13.5 Å². The Morgan fingerprint density at radius 3 is 2.38 bits per heavy atom. The molecule has 2 nitrogen and oxygen atoms in total. The van der Waals surface area contributed by atoms with Crippen LogP contribution in [0.2, 0.25) is 0 Å². The second-order valence-electron chi connectivity index (χ2n) is 3.78. The monoisotopic (exact) mass is 213 g/mol. The van der Waals surface area contributed by atoms with Crippen molar-refractivity contribution in [1.82, 2.24) is 0 Å². The minimum atomic E-state index is 0.594. The Morgan fingerprint density at radius 2 is 1.69 bits per heavy atom. The Bertz CT molecular complexity index is 462. The topological polar surface area (TPSA) is 35.2 Å². The van der Waals surface area contributed by atoms with Gasteiger partial charge in [0.2, 0.25) is 0 Å². The molecule has 2 N–H and O–H groups in total. The van der Waals surface area contributed by atoms with Gasteiger partial charge in [-0.25, -0.2) is 0 Å². The SMILES string of the molecule is Cc1ccccc1COc1ccc(N)cc1. The van der Waals surface area contributed by atoms with Crippen molar-refractivity contribution in [3.63, 3.8) is 0 Å². The van der Waals surface area contributed by atoms with Crippen LogP contribution < -0.4 is 10.5 Å². The van der Waals surface area contributed by atoms with E-state index >= 15 is 0 Å². The molecule has 2 aromatic carbocycles. The van der Waals surface area contributed by atoms with Gasteiger partial charge in [-0.1, -0.05) is 24.3 Å². The quantitative estimate of drug-likeness (QED) is 0.795. The maximum atomic E-state index is 5.67. The van der Waals surface area contributed by atoms with E-state index in [1.807, 2.05) is 36.4 Å². The molecule has 0 amide bonds. The third-order valence-electron chi connectivity index (χ3n) is 2.54. The summed E-state index contributed by atoms with van der Waals surface area (Å²) in [6.45, 7) is 2.68. The summed E-state index contributed by atoms with van der Waals surface area (Å²) < 4.78 is 5.67. The van der Waals surface area contributed by atoms with Gasteiger partial charge in [-0.2, -0.15) is 0 Å². The smallest absolute Gasteiger partial charge is 0.119 e. The van der Waals surface area contributed by atoms with Crippen LogP contribution in [0.3, 0.4) is 0 Å². The average Bonchev–Trinajstić information content (AvgIpc) is 2.30. The molecule has 82 valence electrons. The molecule has 0 saturated heterocycles. The fraction of sp³-hybridized carbons (Fsp3) is 0.143. The van der Waals surface area contributed by atoms with E-state index in [1.165, 1.54) is 11.1 Å². The van der Waals surface area contributed by atoms with Gasteiger partial charge in [-0.3, -0.25) is 0 Å². The van der Waals surface area contributed by atoms with Crippen molar-refractivity contribution < 1.29 is 4.74 Å². The molecule has 0 spiro atoms. The molecule has 0 unspecified atom stereocenters. The van der Waals surface area contributed by atoms with Gasteiger partial charge in [0, 0.05) is 5.69 Å². The normalized spacial score (nSPS) is 10.1. The van der Waals surface area contributed by atoms with Gasteiger partial charge in [0.05, 0.1) is 0 Å². The van der Waals surface area contributed by atoms with Gasteiger partial charge in [0.15, 0.2) is 0 Å².